The Morgan fingerprint density at radius 1 is 0.893 bits per heavy atom. The molecule has 0 N–H and O–H groups in total. The number of hydrogen-bond donors (Lipinski definition) is 0. The Kier molecular flexibility index (Phi) is 5.84. The summed E-state index contributed by atoms with van der Waals surface area (Å²) in [6.45, 7) is 4.43. The third-order valence-electron chi connectivity index (χ3n) is 4.68. The molecular weight excluding hydrogens is 372 g/mol. The van der Waals surface area contributed by atoms with E-state index >= 15 is 0 Å². The molecule has 28 heavy (non-hydrogen) atoms. The van der Waals surface area contributed by atoms with E-state index in [1.807, 2.05) is 48.5 Å². The molecule has 0 amide bonds. The zero-order valence-electron chi connectivity index (χ0n) is 15.9. The Bertz CT molecular complexity index is 1090. The fourth-order valence-corrected chi connectivity index (χ4v) is 3.45. The average Bonchev–Trinajstić information content (AvgIpc) is 3.06. The van der Waals surface area contributed by atoms with Gasteiger partial charge in [0.2, 0.25) is 0 Å². The van der Waals surface area contributed by atoms with Crippen LogP contribution in [0.5, 0.6) is 0 Å². The minimum atomic E-state index is 0.639. The van der Waals surface area contributed by atoms with Crippen molar-refractivity contribution < 1.29 is 4.74 Å². The Morgan fingerprint density at radius 2 is 1.61 bits per heavy atom. The van der Waals surface area contributed by atoms with E-state index in [1.54, 1.807) is 0 Å². The van der Waals surface area contributed by atoms with Gasteiger partial charge in [0.05, 0.1) is 16.1 Å². The molecule has 5 nitrogen and oxygen atoms in total. The molecule has 0 bridgehead atoms. The van der Waals surface area contributed by atoms with Crippen LogP contribution in [0, 0.1) is 0 Å². The first-order valence-corrected chi connectivity index (χ1v) is 10.1. The molecule has 0 radical (unpaired) electrons. The number of imidazole rings is 1. The summed E-state index contributed by atoms with van der Waals surface area (Å²) in [7, 11) is 0. The number of fused-ring (bicyclic) bond motifs is 2. The lowest BCUT2D eigenvalue weighted by Gasteiger charge is -2.10. The lowest BCUT2D eigenvalue weighted by molar-refractivity contribution is 0.126. The van der Waals surface area contributed by atoms with Crippen LogP contribution in [0.1, 0.15) is 26.2 Å². The van der Waals surface area contributed by atoms with E-state index < -0.39 is 0 Å². The Labute approximate surface area is 169 Å². The van der Waals surface area contributed by atoms with E-state index in [9.17, 15) is 0 Å². The molecule has 0 atom stereocenters. The molecule has 2 heterocycles. The van der Waals surface area contributed by atoms with Gasteiger partial charge in [0.1, 0.15) is 5.82 Å². The Morgan fingerprint density at radius 3 is 2.39 bits per heavy atom. The SMILES string of the molecule is CCCCOCCCn1c(-c2ccccc2Cl)nc2nc3ccccc3nc21. The highest BCUT2D eigenvalue weighted by atomic mass is 35.5. The van der Waals surface area contributed by atoms with Crippen molar-refractivity contribution in [1.29, 1.82) is 0 Å². The number of benzene rings is 2. The Hall–Kier alpha value is -2.50. The first-order valence-electron chi connectivity index (χ1n) is 9.73. The van der Waals surface area contributed by atoms with Gasteiger partial charge in [0.15, 0.2) is 11.3 Å². The molecule has 4 rings (SSSR count). The average molecular weight is 395 g/mol. The summed E-state index contributed by atoms with van der Waals surface area (Å²) in [5.74, 6) is 0.796. The molecule has 0 aliphatic heterocycles. The van der Waals surface area contributed by atoms with E-state index in [1.165, 1.54) is 0 Å². The number of rotatable bonds is 8. The molecule has 4 aromatic rings. The van der Waals surface area contributed by atoms with Crippen molar-refractivity contribution in [2.75, 3.05) is 13.2 Å². The predicted octanol–water partition coefficient (Wildman–Crippen LogP) is 5.51. The van der Waals surface area contributed by atoms with Gasteiger partial charge < -0.3 is 9.30 Å². The number of nitrogens with zero attached hydrogens (tertiary/aromatic N) is 4. The number of hydrogen-bond acceptors (Lipinski definition) is 4. The fourth-order valence-electron chi connectivity index (χ4n) is 3.23. The number of aromatic nitrogens is 4. The molecule has 144 valence electrons. The molecule has 0 saturated carbocycles. The quantitative estimate of drug-likeness (QED) is 0.370. The molecule has 0 saturated heterocycles. The van der Waals surface area contributed by atoms with Gasteiger partial charge in [0, 0.05) is 25.3 Å². The predicted molar refractivity (Wildman–Crippen MR) is 114 cm³/mol. The van der Waals surface area contributed by atoms with Crippen molar-refractivity contribution in [3.63, 3.8) is 0 Å². The number of unbranched alkanes of at least 4 members (excludes halogenated alkanes) is 1. The minimum absolute atomic E-state index is 0.639. The van der Waals surface area contributed by atoms with Gasteiger partial charge in [-0.05, 0) is 37.1 Å². The van der Waals surface area contributed by atoms with Crippen LogP contribution < -0.4 is 0 Å². The topological polar surface area (TPSA) is 52.8 Å². The lowest BCUT2D eigenvalue weighted by atomic mass is 10.2. The van der Waals surface area contributed by atoms with Gasteiger partial charge in [-0.2, -0.15) is 0 Å². The van der Waals surface area contributed by atoms with Gasteiger partial charge in [0.25, 0.3) is 0 Å². The fraction of sp³-hybridized carbons (Fsp3) is 0.318. The van der Waals surface area contributed by atoms with Gasteiger partial charge >= 0.3 is 0 Å². The van der Waals surface area contributed by atoms with Crippen LogP contribution in [0.4, 0.5) is 0 Å². The van der Waals surface area contributed by atoms with Crippen LogP contribution >= 0.6 is 11.6 Å². The van der Waals surface area contributed by atoms with Crippen LogP contribution in [-0.4, -0.2) is 32.7 Å². The zero-order chi connectivity index (χ0) is 19.3. The third kappa shape index (κ3) is 3.86. The molecule has 0 spiro atoms. The van der Waals surface area contributed by atoms with E-state index in [2.05, 4.69) is 11.5 Å². The van der Waals surface area contributed by atoms with E-state index in [0.29, 0.717) is 17.3 Å². The summed E-state index contributed by atoms with van der Waals surface area (Å²) in [6, 6.07) is 15.6. The number of ether oxygens (including phenoxy) is 1. The number of para-hydroxylation sites is 2. The summed E-state index contributed by atoms with van der Waals surface area (Å²) in [5, 5.41) is 0.669. The first-order chi connectivity index (χ1) is 13.8. The van der Waals surface area contributed by atoms with Crippen LogP contribution in [0.25, 0.3) is 33.7 Å². The second-order valence-electron chi connectivity index (χ2n) is 6.75. The van der Waals surface area contributed by atoms with Crippen molar-refractivity contribution in [3.8, 4) is 11.4 Å². The smallest absolute Gasteiger partial charge is 0.198 e. The number of aryl methyl sites for hydroxylation is 1. The lowest BCUT2D eigenvalue weighted by Crippen LogP contribution is -2.06. The normalized spacial score (nSPS) is 11.5. The van der Waals surface area contributed by atoms with Crippen LogP contribution in [0.15, 0.2) is 48.5 Å². The summed E-state index contributed by atoms with van der Waals surface area (Å²) >= 11 is 6.46. The van der Waals surface area contributed by atoms with E-state index in [0.717, 1.165) is 60.5 Å². The highest BCUT2D eigenvalue weighted by Crippen LogP contribution is 2.30. The van der Waals surface area contributed by atoms with E-state index in [4.69, 9.17) is 31.3 Å². The van der Waals surface area contributed by atoms with Crippen LogP contribution in [0.2, 0.25) is 5.02 Å². The van der Waals surface area contributed by atoms with Gasteiger partial charge in [-0.15, -0.1) is 0 Å². The van der Waals surface area contributed by atoms with Crippen molar-refractivity contribution in [1.82, 2.24) is 19.5 Å². The summed E-state index contributed by atoms with van der Waals surface area (Å²) in [5.41, 5.74) is 4.01. The van der Waals surface area contributed by atoms with Crippen LogP contribution in [0.3, 0.4) is 0 Å². The molecule has 0 fully saturated rings. The van der Waals surface area contributed by atoms with Crippen molar-refractivity contribution in [2.45, 2.75) is 32.7 Å². The van der Waals surface area contributed by atoms with Crippen molar-refractivity contribution in [3.05, 3.63) is 53.6 Å². The summed E-state index contributed by atoms with van der Waals surface area (Å²) in [6.07, 6.45) is 3.11. The largest absolute Gasteiger partial charge is 0.381 e. The maximum absolute atomic E-state index is 6.46. The maximum Gasteiger partial charge on any atom is 0.198 e. The molecule has 0 aliphatic rings. The second kappa shape index (κ2) is 8.67. The maximum atomic E-state index is 6.46. The zero-order valence-corrected chi connectivity index (χ0v) is 16.7. The standard InChI is InChI=1S/C22H23ClN4O/c1-2-3-14-28-15-8-13-27-21(16-9-4-5-10-17(16)23)26-20-22(27)25-19-12-7-6-11-18(19)24-20/h4-7,9-12H,2-3,8,13-15H2,1H3. The molecule has 2 aromatic carbocycles. The van der Waals surface area contributed by atoms with Crippen molar-refractivity contribution in [2.24, 2.45) is 0 Å². The highest BCUT2D eigenvalue weighted by Gasteiger charge is 2.17. The molecule has 2 aromatic heterocycles. The monoisotopic (exact) mass is 394 g/mol. The Balaban J connectivity index is 1.73. The highest BCUT2D eigenvalue weighted by molar-refractivity contribution is 6.33. The van der Waals surface area contributed by atoms with Crippen molar-refractivity contribution >= 4 is 33.9 Å². The first kappa shape index (κ1) is 18.8. The summed E-state index contributed by atoms with van der Waals surface area (Å²) < 4.78 is 7.84. The molecule has 0 aliphatic carbocycles. The van der Waals surface area contributed by atoms with Gasteiger partial charge in [-0.3, -0.25) is 0 Å². The number of halogens is 1. The third-order valence-corrected chi connectivity index (χ3v) is 5.01. The molecular formula is C22H23ClN4O. The second-order valence-corrected chi connectivity index (χ2v) is 7.15. The van der Waals surface area contributed by atoms with Crippen LogP contribution in [-0.2, 0) is 11.3 Å². The molecule has 0 unspecified atom stereocenters. The molecule has 6 heteroatoms. The van der Waals surface area contributed by atoms with Gasteiger partial charge in [-0.1, -0.05) is 49.2 Å². The van der Waals surface area contributed by atoms with E-state index in [-0.39, 0.29) is 0 Å². The minimum Gasteiger partial charge on any atom is -0.381 e. The van der Waals surface area contributed by atoms with Gasteiger partial charge in [-0.25, -0.2) is 15.0 Å². The summed E-state index contributed by atoms with van der Waals surface area (Å²) in [4.78, 5) is 14.3.